The van der Waals surface area contributed by atoms with Crippen molar-refractivity contribution in [3.05, 3.63) is 0 Å². The first-order valence-corrected chi connectivity index (χ1v) is 7.40. The van der Waals surface area contributed by atoms with Crippen molar-refractivity contribution in [3.63, 3.8) is 0 Å². The number of carbonyl (C=O) groups excluding carboxylic acids is 2. The monoisotopic (exact) mass is 302 g/mol. The molecule has 2 amide bonds. The molecule has 0 aromatic heterocycles. The molecule has 8 heteroatoms. The van der Waals surface area contributed by atoms with Crippen LogP contribution in [-0.4, -0.2) is 56.8 Å². The second-order valence-electron chi connectivity index (χ2n) is 5.82. The smallest absolute Gasteiger partial charge is 0.408 e. The van der Waals surface area contributed by atoms with Crippen LogP contribution in [0.5, 0.6) is 0 Å². The van der Waals surface area contributed by atoms with E-state index in [1.807, 2.05) is 0 Å². The normalized spacial score (nSPS) is 29.2. The van der Waals surface area contributed by atoms with Crippen LogP contribution in [0.4, 0.5) is 4.79 Å². The van der Waals surface area contributed by atoms with Gasteiger partial charge in [-0.2, -0.15) is 0 Å². The minimum Gasteiger partial charge on any atom is -0.480 e. The summed E-state index contributed by atoms with van der Waals surface area (Å²) in [5.74, 6) is -0.963. The van der Waals surface area contributed by atoms with Crippen molar-refractivity contribution in [1.29, 1.82) is 0 Å². The number of rotatable bonds is 2. The van der Waals surface area contributed by atoms with E-state index in [2.05, 4.69) is 5.32 Å². The number of ether oxygens (including phenoxy) is 1. The number of nitrogens with one attached hydrogen (secondary N) is 1. The maximum absolute atomic E-state index is 12.2. The molecule has 2 fully saturated rings. The van der Waals surface area contributed by atoms with Gasteiger partial charge in [0.05, 0.1) is 5.37 Å². The van der Waals surface area contributed by atoms with Gasteiger partial charge in [0.15, 0.2) is 0 Å². The zero-order chi connectivity index (χ0) is 15.1. The fraction of sp³-hybridized carbons (Fsp3) is 0.750. The third kappa shape index (κ3) is 3.00. The largest absolute Gasteiger partial charge is 0.480 e. The summed E-state index contributed by atoms with van der Waals surface area (Å²) >= 11 is 1.43. The maximum atomic E-state index is 12.2. The van der Waals surface area contributed by atoms with E-state index >= 15 is 0 Å². The first-order valence-electron chi connectivity index (χ1n) is 6.35. The lowest BCUT2D eigenvalue weighted by Crippen LogP contribution is -2.47. The Labute approximate surface area is 121 Å². The fourth-order valence-corrected chi connectivity index (χ4v) is 3.73. The summed E-state index contributed by atoms with van der Waals surface area (Å²) in [5.41, 5.74) is -0.639. The number of aliphatic carboxylic acids is 1. The highest BCUT2D eigenvalue weighted by Crippen LogP contribution is 2.37. The molecule has 7 nitrogen and oxygen atoms in total. The summed E-state index contributed by atoms with van der Waals surface area (Å²) in [6.07, 6.45) is -0.249. The van der Waals surface area contributed by atoms with E-state index in [0.717, 1.165) is 0 Å². The second-order valence-corrected chi connectivity index (χ2v) is 7.03. The molecule has 20 heavy (non-hydrogen) atoms. The molecule has 0 radical (unpaired) electrons. The molecule has 1 unspecified atom stereocenters. The van der Waals surface area contributed by atoms with Gasteiger partial charge in [0, 0.05) is 12.2 Å². The molecule has 2 N–H and O–H groups in total. The number of alkyl carbamates (subject to hydrolysis) is 1. The Morgan fingerprint density at radius 3 is 2.65 bits per heavy atom. The average molecular weight is 302 g/mol. The first-order chi connectivity index (χ1) is 9.19. The molecule has 0 saturated carbocycles. The quantitative estimate of drug-likeness (QED) is 0.777. The van der Waals surface area contributed by atoms with Crippen molar-refractivity contribution in [3.8, 4) is 0 Å². The number of amides is 2. The molecule has 0 aromatic carbocycles. The van der Waals surface area contributed by atoms with Gasteiger partial charge in [-0.3, -0.25) is 4.79 Å². The molecule has 0 spiro atoms. The van der Waals surface area contributed by atoms with E-state index in [4.69, 9.17) is 9.84 Å². The minimum absolute atomic E-state index is 0.177. The Bertz CT molecular complexity index is 448. The summed E-state index contributed by atoms with van der Waals surface area (Å²) in [7, 11) is 0. The van der Waals surface area contributed by atoms with E-state index in [1.165, 1.54) is 16.7 Å². The molecule has 2 aliphatic rings. The Hall–Kier alpha value is -1.44. The van der Waals surface area contributed by atoms with Crippen molar-refractivity contribution < 1.29 is 24.2 Å². The van der Waals surface area contributed by atoms with Crippen LogP contribution < -0.4 is 5.32 Å². The molecule has 2 rings (SSSR count). The highest BCUT2D eigenvalue weighted by atomic mass is 32.2. The van der Waals surface area contributed by atoms with Crippen molar-refractivity contribution in [2.24, 2.45) is 0 Å². The number of thioether (sulfide) groups is 1. The van der Waals surface area contributed by atoms with Crippen molar-refractivity contribution in [2.75, 3.05) is 5.75 Å². The van der Waals surface area contributed by atoms with Gasteiger partial charge in [-0.25, -0.2) is 9.59 Å². The first kappa shape index (κ1) is 15.0. The number of carbonyl (C=O) groups is 3. The fourth-order valence-electron chi connectivity index (χ4n) is 2.28. The Morgan fingerprint density at radius 1 is 1.45 bits per heavy atom. The third-order valence-electron chi connectivity index (χ3n) is 3.06. The van der Waals surface area contributed by atoms with Gasteiger partial charge >= 0.3 is 12.1 Å². The van der Waals surface area contributed by atoms with Crippen molar-refractivity contribution in [1.82, 2.24) is 10.2 Å². The lowest BCUT2D eigenvalue weighted by molar-refractivity contribution is -0.147. The topological polar surface area (TPSA) is 95.9 Å². The Balaban J connectivity index is 1.98. The standard InChI is InChI=1S/C12H18N2O5S/c1-12(2,3)19-11(18)13-6-4-8-14(9(6)15)7(5-20-8)10(16)17/h6-8H,4-5H2,1-3H3,(H,13,18)(H,16,17)/t6-,7+,8?/m1/s1. The highest BCUT2D eigenvalue weighted by Gasteiger charge is 2.50. The molecule has 2 aliphatic heterocycles. The number of fused-ring (bicyclic) bond motifs is 1. The van der Waals surface area contributed by atoms with Gasteiger partial charge in [0.2, 0.25) is 5.91 Å². The van der Waals surface area contributed by atoms with Crippen LogP contribution in [0.15, 0.2) is 0 Å². The number of hydrogen-bond donors (Lipinski definition) is 2. The summed E-state index contributed by atoms with van der Waals surface area (Å²) in [6, 6.07) is -1.51. The van der Waals surface area contributed by atoms with Gasteiger partial charge in [0.1, 0.15) is 17.7 Å². The van der Waals surface area contributed by atoms with E-state index in [0.29, 0.717) is 12.2 Å². The van der Waals surface area contributed by atoms with Crippen LogP contribution in [0.1, 0.15) is 27.2 Å². The van der Waals surface area contributed by atoms with E-state index in [9.17, 15) is 14.4 Å². The van der Waals surface area contributed by atoms with Crippen LogP contribution in [-0.2, 0) is 14.3 Å². The number of hydrogen-bond acceptors (Lipinski definition) is 5. The average Bonchev–Trinajstić information content (AvgIpc) is 2.78. The molecule has 112 valence electrons. The Morgan fingerprint density at radius 2 is 2.10 bits per heavy atom. The summed E-state index contributed by atoms with van der Waals surface area (Å²) in [5, 5.41) is 11.4. The van der Waals surface area contributed by atoms with Crippen LogP contribution >= 0.6 is 11.8 Å². The predicted molar refractivity (Wildman–Crippen MR) is 72.3 cm³/mol. The number of carboxylic acid groups (broad SMARTS) is 1. The molecule has 0 bridgehead atoms. The lowest BCUT2D eigenvalue weighted by atomic mass is 10.2. The second kappa shape index (κ2) is 5.16. The summed E-state index contributed by atoms with van der Waals surface area (Å²) in [6.45, 7) is 5.20. The molecule has 2 saturated heterocycles. The van der Waals surface area contributed by atoms with Crippen molar-refractivity contribution in [2.45, 2.75) is 50.3 Å². The predicted octanol–water partition coefficient (Wildman–Crippen LogP) is 0.638. The van der Waals surface area contributed by atoms with Crippen LogP contribution in [0.2, 0.25) is 0 Å². The zero-order valence-electron chi connectivity index (χ0n) is 11.6. The number of nitrogens with zero attached hydrogens (tertiary/aromatic N) is 1. The zero-order valence-corrected chi connectivity index (χ0v) is 12.4. The van der Waals surface area contributed by atoms with E-state index in [1.54, 1.807) is 20.8 Å². The van der Waals surface area contributed by atoms with Crippen LogP contribution in [0, 0.1) is 0 Å². The number of carboxylic acids is 1. The van der Waals surface area contributed by atoms with Gasteiger partial charge in [-0.05, 0) is 20.8 Å². The summed E-state index contributed by atoms with van der Waals surface area (Å²) in [4.78, 5) is 36.3. The molecular formula is C12H18N2O5S. The van der Waals surface area contributed by atoms with Gasteiger partial charge in [0.25, 0.3) is 0 Å². The van der Waals surface area contributed by atoms with Crippen molar-refractivity contribution >= 4 is 29.7 Å². The van der Waals surface area contributed by atoms with Crippen LogP contribution in [0.25, 0.3) is 0 Å². The van der Waals surface area contributed by atoms with Gasteiger partial charge in [-0.1, -0.05) is 0 Å². The third-order valence-corrected chi connectivity index (χ3v) is 4.37. The van der Waals surface area contributed by atoms with E-state index < -0.39 is 29.7 Å². The highest BCUT2D eigenvalue weighted by molar-refractivity contribution is 8.00. The Kier molecular flexibility index (Phi) is 3.86. The SMILES string of the molecule is CC(C)(C)OC(=O)N[C@@H]1CC2SC[C@@H](C(=O)O)N2C1=O. The minimum atomic E-state index is -1.01. The van der Waals surface area contributed by atoms with Gasteiger partial charge < -0.3 is 20.1 Å². The lowest BCUT2D eigenvalue weighted by Gasteiger charge is -2.22. The summed E-state index contributed by atoms with van der Waals surface area (Å²) < 4.78 is 5.10. The van der Waals surface area contributed by atoms with Crippen LogP contribution in [0.3, 0.4) is 0 Å². The maximum Gasteiger partial charge on any atom is 0.408 e. The van der Waals surface area contributed by atoms with E-state index in [-0.39, 0.29) is 11.3 Å². The molecule has 0 aliphatic carbocycles. The molecule has 0 aromatic rings. The van der Waals surface area contributed by atoms with Gasteiger partial charge in [-0.15, -0.1) is 11.8 Å². The molecular weight excluding hydrogens is 284 g/mol. The molecule has 3 atom stereocenters. The molecule has 2 heterocycles.